The van der Waals surface area contributed by atoms with Gasteiger partial charge in [-0.15, -0.1) is 22.6 Å². The van der Waals surface area contributed by atoms with Crippen molar-refractivity contribution in [1.82, 2.24) is 15.1 Å². The molecule has 1 aliphatic rings. The second kappa shape index (κ2) is 12.7. The van der Waals surface area contributed by atoms with Crippen LogP contribution in [0, 0.1) is 19.8 Å². The molecule has 37 heavy (non-hydrogen) atoms. The lowest BCUT2D eigenvalue weighted by molar-refractivity contribution is -0.138. The number of hydrogen-bond acceptors (Lipinski definition) is 7. The molecule has 1 aromatic heterocycles. The van der Waals surface area contributed by atoms with Crippen molar-refractivity contribution in [3.05, 3.63) is 58.1 Å². The number of likely N-dealkylation sites (N-methyl/N-ethyl adjacent to an activating group) is 1. The number of carbonyl (C=O) groups excluding carboxylic acids is 1. The molecule has 2 aromatic carbocycles. The maximum Gasteiger partial charge on any atom is 0.317 e. The standard InChI is InChI=1S/C26H29ClN4O4S.ClH/c1-16-12-19(13-17(2)23(16)35-11-10-30(3)15-22(32)33)24-28-29-26(36-24)31(14-18-8-9-18)25(34)20-6-4-5-7-21(20)27;/h4-7,12-13,18H,8-11,14-15H2,1-3H3,(H,32,33);1H. The van der Waals surface area contributed by atoms with Crippen LogP contribution in [0.1, 0.15) is 34.3 Å². The molecule has 0 radical (unpaired) electrons. The SMILES string of the molecule is Cc1cc(-c2nnc(N(CC3CC3)C(=O)c3ccccc3Cl)s2)cc(C)c1OCCN(C)CC(=O)O.Cl. The molecule has 8 nitrogen and oxygen atoms in total. The first-order valence-electron chi connectivity index (χ1n) is 11.8. The number of benzene rings is 2. The lowest BCUT2D eigenvalue weighted by Gasteiger charge is -2.19. The van der Waals surface area contributed by atoms with Gasteiger partial charge in [-0.3, -0.25) is 19.4 Å². The summed E-state index contributed by atoms with van der Waals surface area (Å²) in [6.07, 6.45) is 2.20. The Morgan fingerprint density at radius 1 is 1.16 bits per heavy atom. The van der Waals surface area contributed by atoms with Gasteiger partial charge in [0, 0.05) is 18.7 Å². The lowest BCUT2D eigenvalue weighted by Crippen LogP contribution is -2.33. The van der Waals surface area contributed by atoms with E-state index in [1.807, 2.05) is 26.0 Å². The van der Waals surface area contributed by atoms with Gasteiger partial charge in [0.15, 0.2) is 0 Å². The van der Waals surface area contributed by atoms with E-state index >= 15 is 0 Å². The van der Waals surface area contributed by atoms with Crippen LogP contribution in [-0.4, -0.2) is 65.4 Å². The van der Waals surface area contributed by atoms with Gasteiger partial charge in [-0.25, -0.2) is 0 Å². The average molecular weight is 566 g/mol. The van der Waals surface area contributed by atoms with E-state index in [2.05, 4.69) is 10.2 Å². The van der Waals surface area contributed by atoms with Crippen LogP contribution in [0.5, 0.6) is 5.75 Å². The smallest absolute Gasteiger partial charge is 0.317 e. The normalized spacial score (nSPS) is 12.8. The van der Waals surface area contributed by atoms with Crippen molar-refractivity contribution in [2.45, 2.75) is 26.7 Å². The first kappa shape index (κ1) is 28.8. The van der Waals surface area contributed by atoms with Gasteiger partial charge in [0.1, 0.15) is 17.4 Å². The molecule has 3 aromatic rings. The Balaban J connectivity index is 0.00000380. The van der Waals surface area contributed by atoms with E-state index in [9.17, 15) is 9.59 Å². The molecule has 0 unspecified atom stereocenters. The molecule has 1 amide bonds. The quantitative estimate of drug-likeness (QED) is 0.335. The van der Waals surface area contributed by atoms with E-state index in [-0.39, 0.29) is 24.9 Å². The van der Waals surface area contributed by atoms with Crippen molar-refractivity contribution in [2.24, 2.45) is 5.92 Å². The summed E-state index contributed by atoms with van der Waals surface area (Å²) in [6.45, 7) is 5.39. The number of carboxylic acids is 1. The Kier molecular flexibility index (Phi) is 9.89. The summed E-state index contributed by atoms with van der Waals surface area (Å²) in [5.74, 6) is 0.213. The maximum absolute atomic E-state index is 13.4. The summed E-state index contributed by atoms with van der Waals surface area (Å²) in [6, 6.07) is 11.1. The van der Waals surface area contributed by atoms with Gasteiger partial charge in [-0.1, -0.05) is 35.1 Å². The summed E-state index contributed by atoms with van der Waals surface area (Å²) in [7, 11) is 1.75. The summed E-state index contributed by atoms with van der Waals surface area (Å²) < 4.78 is 5.96. The number of halogens is 2. The van der Waals surface area contributed by atoms with Gasteiger partial charge >= 0.3 is 5.97 Å². The molecule has 1 fully saturated rings. The highest BCUT2D eigenvalue weighted by Gasteiger charge is 2.31. The first-order chi connectivity index (χ1) is 17.2. The molecule has 1 N–H and O–H groups in total. The third-order valence-electron chi connectivity index (χ3n) is 5.96. The summed E-state index contributed by atoms with van der Waals surface area (Å²) in [5, 5.41) is 19.4. The van der Waals surface area contributed by atoms with E-state index < -0.39 is 5.97 Å². The van der Waals surface area contributed by atoms with Gasteiger partial charge in [0.2, 0.25) is 5.13 Å². The Morgan fingerprint density at radius 2 is 1.84 bits per heavy atom. The second-order valence-electron chi connectivity index (χ2n) is 9.15. The van der Waals surface area contributed by atoms with Crippen LogP contribution in [0.2, 0.25) is 5.02 Å². The highest BCUT2D eigenvalue weighted by atomic mass is 35.5. The number of carboxylic acid groups (broad SMARTS) is 1. The zero-order chi connectivity index (χ0) is 25.8. The van der Waals surface area contributed by atoms with Crippen molar-refractivity contribution < 1.29 is 19.4 Å². The highest BCUT2D eigenvalue weighted by Crippen LogP contribution is 2.37. The second-order valence-corrected chi connectivity index (χ2v) is 10.5. The van der Waals surface area contributed by atoms with Crippen LogP contribution in [0.25, 0.3) is 10.6 Å². The number of amides is 1. The van der Waals surface area contributed by atoms with Crippen LogP contribution in [0.3, 0.4) is 0 Å². The van der Waals surface area contributed by atoms with Crippen LogP contribution >= 0.6 is 35.3 Å². The van der Waals surface area contributed by atoms with Crippen LogP contribution in [-0.2, 0) is 4.79 Å². The molecule has 1 saturated carbocycles. The van der Waals surface area contributed by atoms with Gasteiger partial charge in [-0.05, 0) is 75.0 Å². The number of carbonyl (C=O) groups is 2. The Hall–Kier alpha value is -2.72. The van der Waals surface area contributed by atoms with Crippen LogP contribution < -0.4 is 9.64 Å². The van der Waals surface area contributed by atoms with E-state index in [0.717, 1.165) is 40.3 Å². The van der Waals surface area contributed by atoms with E-state index in [1.165, 1.54) is 11.3 Å². The Labute approximate surface area is 231 Å². The van der Waals surface area contributed by atoms with Gasteiger partial charge in [0.25, 0.3) is 5.91 Å². The molecular weight excluding hydrogens is 535 g/mol. The van der Waals surface area contributed by atoms with E-state index in [1.54, 1.807) is 41.1 Å². The monoisotopic (exact) mass is 564 g/mol. The van der Waals surface area contributed by atoms with Gasteiger partial charge < -0.3 is 9.84 Å². The fourth-order valence-electron chi connectivity index (χ4n) is 3.94. The molecule has 0 bridgehead atoms. The van der Waals surface area contributed by atoms with E-state index in [0.29, 0.717) is 41.3 Å². The highest BCUT2D eigenvalue weighted by molar-refractivity contribution is 7.18. The number of hydrogen-bond donors (Lipinski definition) is 1. The number of anilines is 1. The summed E-state index contributed by atoms with van der Waals surface area (Å²) in [4.78, 5) is 27.6. The summed E-state index contributed by atoms with van der Waals surface area (Å²) in [5.41, 5.74) is 3.26. The van der Waals surface area contributed by atoms with Gasteiger partial charge in [-0.2, -0.15) is 0 Å². The average Bonchev–Trinajstić information content (AvgIpc) is 3.51. The van der Waals surface area contributed by atoms with Crippen molar-refractivity contribution in [1.29, 1.82) is 0 Å². The molecule has 0 aliphatic heterocycles. The van der Waals surface area contributed by atoms with Crippen molar-refractivity contribution in [3.8, 4) is 16.3 Å². The zero-order valence-electron chi connectivity index (χ0n) is 20.9. The molecule has 0 saturated heterocycles. The number of ether oxygens (including phenoxy) is 1. The number of nitrogens with zero attached hydrogens (tertiary/aromatic N) is 4. The minimum absolute atomic E-state index is 0. The van der Waals surface area contributed by atoms with Gasteiger partial charge in [0.05, 0.1) is 17.1 Å². The lowest BCUT2D eigenvalue weighted by atomic mass is 10.1. The number of aromatic nitrogens is 2. The molecule has 1 aliphatic carbocycles. The van der Waals surface area contributed by atoms with E-state index in [4.69, 9.17) is 21.4 Å². The molecule has 0 spiro atoms. The predicted molar refractivity (Wildman–Crippen MR) is 149 cm³/mol. The predicted octanol–water partition coefficient (Wildman–Crippen LogP) is 5.35. The minimum atomic E-state index is -0.866. The van der Waals surface area contributed by atoms with Crippen molar-refractivity contribution in [2.75, 3.05) is 38.2 Å². The first-order valence-corrected chi connectivity index (χ1v) is 13.0. The molecule has 1 heterocycles. The zero-order valence-corrected chi connectivity index (χ0v) is 23.3. The summed E-state index contributed by atoms with van der Waals surface area (Å²) >= 11 is 7.69. The molecular formula is C26H30Cl2N4O4S. The van der Waals surface area contributed by atoms with Crippen LogP contribution in [0.15, 0.2) is 36.4 Å². The molecule has 11 heteroatoms. The third kappa shape index (κ3) is 7.41. The molecule has 0 atom stereocenters. The minimum Gasteiger partial charge on any atom is -0.492 e. The van der Waals surface area contributed by atoms with Crippen molar-refractivity contribution >= 4 is 52.4 Å². The maximum atomic E-state index is 13.4. The number of aliphatic carboxylic acids is 1. The van der Waals surface area contributed by atoms with Crippen molar-refractivity contribution in [3.63, 3.8) is 0 Å². The topological polar surface area (TPSA) is 95.9 Å². The third-order valence-corrected chi connectivity index (χ3v) is 7.29. The molecule has 4 rings (SSSR count). The van der Waals surface area contributed by atoms with Crippen LogP contribution in [0.4, 0.5) is 5.13 Å². The fraction of sp³-hybridized carbons (Fsp3) is 0.385. The molecule has 198 valence electrons. The largest absolute Gasteiger partial charge is 0.492 e. The number of aryl methyl sites for hydroxylation is 2. The Morgan fingerprint density at radius 3 is 2.46 bits per heavy atom. The Bertz CT molecular complexity index is 1240. The number of rotatable bonds is 11. The fourth-order valence-corrected chi connectivity index (χ4v) is 5.00.